The molecule has 9 heteroatoms. The van der Waals surface area contributed by atoms with E-state index in [9.17, 15) is 8.78 Å². The van der Waals surface area contributed by atoms with Crippen molar-refractivity contribution in [3.8, 4) is 22.8 Å². The molecular weight excluding hydrogens is 558 g/mol. The lowest BCUT2D eigenvalue weighted by atomic mass is 9.95. The number of ether oxygens (including phenoxy) is 2. The first-order valence-corrected chi connectivity index (χ1v) is 14.8. The van der Waals surface area contributed by atoms with Crippen molar-refractivity contribution in [3.63, 3.8) is 0 Å². The Balaban J connectivity index is 1.50. The van der Waals surface area contributed by atoms with Crippen molar-refractivity contribution >= 4 is 29.2 Å². The number of alkyl halides is 1. The number of aromatic nitrogens is 1. The van der Waals surface area contributed by atoms with Crippen LogP contribution in [0.3, 0.4) is 0 Å². The predicted octanol–water partition coefficient (Wildman–Crippen LogP) is 7.86. The Kier molecular flexibility index (Phi) is 9.02. The minimum atomic E-state index is -1.34. The number of methoxy groups -OCH3 is 1. The molecular formula is C33H37ClF2N4O2. The Morgan fingerprint density at radius 3 is 2.67 bits per heavy atom. The normalized spacial score (nSPS) is 15.9. The average Bonchev–Trinajstić information content (AvgIpc) is 3.88. The minimum Gasteiger partial charge on any atom is -0.495 e. The Labute approximate surface area is 251 Å². The van der Waals surface area contributed by atoms with E-state index in [-0.39, 0.29) is 10.9 Å². The number of rotatable bonds is 12. The van der Waals surface area contributed by atoms with Gasteiger partial charge in [0.1, 0.15) is 23.0 Å². The fraction of sp³-hybridized carbons (Fsp3) is 0.394. The van der Waals surface area contributed by atoms with Crippen LogP contribution in [0.4, 0.5) is 14.5 Å². The van der Waals surface area contributed by atoms with Crippen LogP contribution in [0, 0.1) is 18.7 Å². The summed E-state index contributed by atoms with van der Waals surface area (Å²) in [6.45, 7) is 6.38. The molecule has 2 aromatic carbocycles. The quantitative estimate of drug-likeness (QED) is 0.127. The second-order valence-electron chi connectivity index (χ2n) is 10.9. The first-order chi connectivity index (χ1) is 20.2. The topological polar surface area (TPSA) is 81.8 Å². The Morgan fingerprint density at radius 2 is 2.02 bits per heavy atom. The van der Waals surface area contributed by atoms with E-state index in [1.54, 1.807) is 19.2 Å². The molecule has 2 atom stereocenters. The van der Waals surface area contributed by atoms with Crippen molar-refractivity contribution in [1.82, 2.24) is 10.3 Å². The van der Waals surface area contributed by atoms with Crippen LogP contribution in [-0.4, -0.2) is 37.8 Å². The number of hydrogen-bond acceptors (Lipinski definition) is 6. The van der Waals surface area contributed by atoms with Gasteiger partial charge >= 0.3 is 0 Å². The van der Waals surface area contributed by atoms with Crippen molar-refractivity contribution in [1.29, 1.82) is 0 Å². The monoisotopic (exact) mass is 594 g/mol. The molecule has 6 nitrogen and oxygen atoms in total. The number of aryl methyl sites for hydroxylation is 1. The number of anilines is 1. The third-order valence-corrected chi connectivity index (χ3v) is 8.08. The third kappa shape index (κ3) is 6.54. The maximum atomic E-state index is 14.5. The van der Waals surface area contributed by atoms with Gasteiger partial charge in [-0.1, -0.05) is 23.7 Å². The van der Waals surface area contributed by atoms with E-state index < -0.39 is 12.1 Å². The van der Waals surface area contributed by atoms with E-state index in [4.69, 9.17) is 31.8 Å². The number of nitrogen functional groups attached to an aromatic ring is 1. The third-order valence-electron chi connectivity index (χ3n) is 7.70. The number of allylic oxidation sites excluding steroid dienone is 1. The molecule has 3 aromatic rings. The molecule has 1 heterocycles. The Bertz CT molecular complexity index is 1530. The number of nitrogens with one attached hydrogen (secondary N) is 1. The van der Waals surface area contributed by atoms with Gasteiger partial charge < -0.3 is 20.5 Å². The summed E-state index contributed by atoms with van der Waals surface area (Å²) in [5, 5.41) is 3.76. The van der Waals surface area contributed by atoms with E-state index in [1.807, 2.05) is 26.0 Å². The van der Waals surface area contributed by atoms with E-state index in [1.165, 1.54) is 24.8 Å². The van der Waals surface area contributed by atoms with Crippen LogP contribution < -0.4 is 20.5 Å². The lowest BCUT2D eigenvalue weighted by Crippen LogP contribution is -2.23. The molecule has 0 aliphatic heterocycles. The molecule has 2 aliphatic carbocycles. The van der Waals surface area contributed by atoms with Crippen LogP contribution in [-0.2, 0) is 0 Å². The predicted molar refractivity (Wildman–Crippen MR) is 166 cm³/mol. The zero-order valence-corrected chi connectivity index (χ0v) is 25.2. The molecule has 1 aromatic heterocycles. The zero-order valence-electron chi connectivity index (χ0n) is 24.4. The van der Waals surface area contributed by atoms with Gasteiger partial charge in [0.2, 0.25) is 0 Å². The fourth-order valence-corrected chi connectivity index (χ4v) is 5.51. The maximum Gasteiger partial charge on any atom is 0.187 e. The van der Waals surface area contributed by atoms with Crippen molar-refractivity contribution in [2.75, 3.05) is 26.0 Å². The van der Waals surface area contributed by atoms with Crippen LogP contribution in [0.5, 0.6) is 11.5 Å². The number of hydrogen-bond donors (Lipinski definition) is 2. The van der Waals surface area contributed by atoms with Crippen molar-refractivity contribution in [2.24, 2.45) is 10.9 Å². The second kappa shape index (κ2) is 12.7. The van der Waals surface area contributed by atoms with Gasteiger partial charge in [-0.25, -0.2) is 13.8 Å². The number of nitrogens with two attached hydrogens (primary N) is 1. The van der Waals surface area contributed by atoms with Crippen molar-refractivity contribution in [3.05, 3.63) is 75.2 Å². The molecule has 5 rings (SSSR count). The van der Waals surface area contributed by atoms with Crippen LogP contribution in [0.25, 0.3) is 17.0 Å². The Hall–Kier alpha value is -3.65. The minimum absolute atomic E-state index is 0.0307. The van der Waals surface area contributed by atoms with Crippen LogP contribution >= 0.6 is 11.6 Å². The van der Waals surface area contributed by atoms with Gasteiger partial charge in [-0.3, -0.25) is 4.99 Å². The van der Waals surface area contributed by atoms with E-state index in [0.717, 1.165) is 48.2 Å². The van der Waals surface area contributed by atoms with Gasteiger partial charge in [0.05, 0.1) is 24.4 Å². The van der Waals surface area contributed by atoms with Gasteiger partial charge in [0.15, 0.2) is 6.30 Å². The SMILES string of the molecule is CCOc1c(C)cc(C(CNC(=C2CC2)c2cc(/C=N/C(C)F)c(N)c(OC)c2)C2CC2)nc1-c1cccc(F)c1Cl. The zero-order chi connectivity index (χ0) is 30.0. The highest BCUT2D eigenvalue weighted by atomic mass is 35.5. The summed E-state index contributed by atoms with van der Waals surface area (Å²) in [4.78, 5) is 8.96. The van der Waals surface area contributed by atoms with Gasteiger partial charge in [0, 0.05) is 46.8 Å². The van der Waals surface area contributed by atoms with Crippen molar-refractivity contribution < 1.29 is 18.3 Å². The molecule has 2 unspecified atom stereocenters. The van der Waals surface area contributed by atoms with Crippen LogP contribution in [0.15, 0.2) is 47.0 Å². The number of halogens is 3. The maximum absolute atomic E-state index is 14.5. The standard InChI is InChI=1S/C33H37ClF2N4O2/c1-5-42-33-18(2)13-27(40-32(33)24-7-6-8-26(36)29(24)34)25(20-9-10-20)17-39-31(21-11-12-21)22-14-23(16-38-19(3)35)30(37)28(15-22)41-4/h6-8,13-16,19-20,25,39H,5,9-12,17,37H2,1-4H3/b38-16+. The van der Waals surface area contributed by atoms with Crippen molar-refractivity contribution in [2.45, 2.75) is 58.7 Å². The molecule has 2 fully saturated rings. The molecule has 2 saturated carbocycles. The summed E-state index contributed by atoms with van der Waals surface area (Å²) >= 11 is 6.42. The molecule has 0 bridgehead atoms. The molecule has 3 N–H and O–H groups in total. The number of pyridine rings is 1. The van der Waals surface area contributed by atoms with E-state index >= 15 is 0 Å². The average molecular weight is 595 g/mol. The highest BCUT2D eigenvalue weighted by molar-refractivity contribution is 6.33. The second-order valence-corrected chi connectivity index (χ2v) is 11.3. The summed E-state index contributed by atoms with van der Waals surface area (Å²) in [7, 11) is 1.57. The summed E-state index contributed by atoms with van der Waals surface area (Å²) < 4.78 is 39.5. The summed E-state index contributed by atoms with van der Waals surface area (Å²) in [5.74, 6) is 1.22. The molecule has 0 spiro atoms. The Morgan fingerprint density at radius 1 is 1.26 bits per heavy atom. The van der Waals surface area contributed by atoms with Crippen LogP contribution in [0.2, 0.25) is 5.02 Å². The van der Waals surface area contributed by atoms with Gasteiger partial charge in [-0.2, -0.15) is 0 Å². The van der Waals surface area contributed by atoms with E-state index in [0.29, 0.717) is 53.1 Å². The lowest BCUT2D eigenvalue weighted by molar-refractivity contribution is 0.337. The van der Waals surface area contributed by atoms with Gasteiger partial charge in [0.25, 0.3) is 0 Å². The largest absolute Gasteiger partial charge is 0.495 e. The lowest BCUT2D eigenvalue weighted by Gasteiger charge is -2.23. The van der Waals surface area contributed by atoms with Crippen LogP contribution in [0.1, 0.15) is 67.8 Å². The highest BCUT2D eigenvalue weighted by Crippen LogP contribution is 2.45. The first-order valence-electron chi connectivity index (χ1n) is 14.4. The molecule has 2 aliphatic rings. The highest BCUT2D eigenvalue weighted by Gasteiger charge is 2.35. The first kappa shape index (κ1) is 29.8. The number of nitrogens with zero attached hydrogens (tertiary/aromatic N) is 2. The summed E-state index contributed by atoms with van der Waals surface area (Å²) in [5.41, 5.74) is 13.5. The van der Waals surface area contributed by atoms with Gasteiger partial charge in [-0.05, 0) is 87.8 Å². The van der Waals surface area contributed by atoms with Gasteiger partial charge in [-0.15, -0.1) is 0 Å². The number of aliphatic imine (C=N–C) groups is 1. The smallest absolute Gasteiger partial charge is 0.187 e. The fourth-order valence-electron chi connectivity index (χ4n) is 5.29. The summed E-state index contributed by atoms with van der Waals surface area (Å²) in [6.07, 6.45) is 4.34. The summed E-state index contributed by atoms with van der Waals surface area (Å²) in [6, 6.07) is 10.7. The number of benzene rings is 2. The molecule has 0 radical (unpaired) electrons. The van der Waals surface area contributed by atoms with E-state index in [2.05, 4.69) is 16.4 Å². The molecule has 42 heavy (non-hydrogen) atoms. The molecule has 0 amide bonds. The molecule has 0 saturated heterocycles. The molecule has 222 valence electrons.